The average molecular weight is 443 g/mol. The van der Waals surface area contributed by atoms with Gasteiger partial charge in [-0.3, -0.25) is 5.43 Å². The van der Waals surface area contributed by atoms with Crippen molar-refractivity contribution in [2.24, 2.45) is 5.10 Å². The maximum atomic E-state index is 13.3. The van der Waals surface area contributed by atoms with Gasteiger partial charge in [0.15, 0.2) is 11.6 Å². The van der Waals surface area contributed by atoms with Gasteiger partial charge in [-0.25, -0.2) is 14.4 Å². The Balaban J connectivity index is 1.68. The lowest BCUT2D eigenvalue weighted by atomic mass is 10.1. The Morgan fingerprint density at radius 3 is 2.90 bits per heavy atom. The van der Waals surface area contributed by atoms with Crippen molar-refractivity contribution in [2.75, 3.05) is 12.0 Å². The van der Waals surface area contributed by atoms with Crippen LogP contribution < -0.4 is 10.2 Å². The van der Waals surface area contributed by atoms with E-state index in [2.05, 4.69) is 20.5 Å². The number of hydrogen-bond donors (Lipinski definition) is 2. The summed E-state index contributed by atoms with van der Waals surface area (Å²) in [4.78, 5) is 9.06. The van der Waals surface area contributed by atoms with Crippen LogP contribution in [0.5, 0.6) is 11.5 Å². The molecule has 0 atom stereocenters. The summed E-state index contributed by atoms with van der Waals surface area (Å²) in [5, 5.41) is 14.9. The van der Waals surface area contributed by atoms with Crippen LogP contribution in [0.3, 0.4) is 0 Å². The van der Waals surface area contributed by atoms with Gasteiger partial charge in [0.25, 0.3) is 0 Å². The van der Waals surface area contributed by atoms with Crippen molar-refractivity contribution in [1.29, 1.82) is 0 Å². The monoisotopic (exact) mass is 442 g/mol. The van der Waals surface area contributed by atoms with Gasteiger partial charge in [0.05, 0.1) is 22.7 Å². The van der Waals surface area contributed by atoms with Gasteiger partial charge in [0, 0.05) is 5.56 Å². The molecule has 2 heterocycles. The van der Waals surface area contributed by atoms with E-state index in [1.807, 2.05) is 31.2 Å². The number of thiophene rings is 1. The smallest absolute Gasteiger partial charge is 0.167 e. The van der Waals surface area contributed by atoms with Gasteiger partial charge in [-0.2, -0.15) is 5.10 Å². The highest BCUT2D eigenvalue weighted by Gasteiger charge is 2.19. The van der Waals surface area contributed by atoms with Crippen LogP contribution in [0.2, 0.25) is 5.02 Å². The number of hydrogen-bond acceptors (Lipinski definition) is 7. The number of benzene rings is 2. The summed E-state index contributed by atoms with van der Waals surface area (Å²) in [5.74, 6) is 0.676. The highest BCUT2D eigenvalue weighted by atomic mass is 35.5. The third kappa shape index (κ3) is 3.92. The van der Waals surface area contributed by atoms with E-state index in [1.165, 1.54) is 36.0 Å². The molecule has 9 heteroatoms. The number of aromatic nitrogens is 2. The molecule has 0 amide bonds. The number of rotatable bonds is 6. The second-order valence-corrected chi connectivity index (χ2v) is 7.58. The van der Waals surface area contributed by atoms with Crippen molar-refractivity contribution in [3.63, 3.8) is 0 Å². The number of nitrogens with one attached hydrogen (secondary N) is 1. The lowest BCUT2D eigenvalue weighted by Gasteiger charge is -2.08. The number of para-hydroxylation sites is 1. The molecule has 0 aliphatic rings. The molecule has 152 valence electrons. The van der Waals surface area contributed by atoms with E-state index in [-0.39, 0.29) is 10.8 Å². The van der Waals surface area contributed by atoms with E-state index in [4.69, 9.17) is 16.3 Å². The lowest BCUT2D eigenvalue weighted by molar-refractivity contribution is 0.341. The van der Waals surface area contributed by atoms with Crippen molar-refractivity contribution in [2.45, 2.75) is 6.92 Å². The molecule has 0 saturated heterocycles. The second kappa shape index (κ2) is 8.64. The number of hydrazone groups is 1. The van der Waals surface area contributed by atoms with Crippen LogP contribution in [0.15, 0.2) is 53.9 Å². The summed E-state index contributed by atoms with van der Waals surface area (Å²) >= 11 is 7.12. The van der Waals surface area contributed by atoms with Crippen molar-refractivity contribution < 1.29 is 14.2 Å². The molecule has 0 aliphatic carbocycles. The van der Waals surface area contributed by atoms with E-state index in [1.54, 1.807) is 6.07 Å². The predicted molar refractivity (Wildman–Crippen MR) is 118 cm³/mol. The number of halogens is 2. The molecule has 2 aromatic carbocycles. The minimum Gasteiger partial charge on any atom is -0.504 e. The maximum Gasteiger partial charge on any atom is 0.167 e. The van der Waals surface area contributed by atoms with Gasteiger partial charge >= 0.3 is 0 Å². The molecule has 2 N–H and O–H groups in total. The molecule has 0 aliphatic heterocycles. The normalized spacial score (nSPS) is 11.3. The van der Waals surface area contributed by atoms with Gasteiger partial charge in [-0.1, -0.05) is 29.8 Å². The van der Waals surface area contributed by atoms with Gasteiger partial charge in [0.1, 0.15) is 28.1 Å². The zero-order chi connectivity index (χ0) is 21.1. The third-order valence-corrected chi connectivity index (χ3v) is 5.70. The molecule has 2 aromatic heterocycles. The molecule has 0 fully saturated rings. The number of aromatic hydroxyl groups is 1. The van der Waals surface area contributed by atoms with Gasteiger partial charge in [-0.05, 0) is 36.8 Å². The van der Waals surface area contributed by atoms with E-state index in [0.29, 0.717) is 38.8 Å². The Morgan fingerprint density at radius 2 is 2.10 bits per heavy atom. The van der Waals surface area contributed by atoms with Crippen molar-refractivity contribution in [3.05, 3.63) is 65.2 Å². The first-order chi connectivity index (χ1) is 14.6. The van der Waals surface area contributed by atoms with Gasteiger partial charge < -0.3 is 9.84 Å². The first-order valence-electron chi connectivity index (χ1n) is 9.01. The van der Waals surface area contributed by atoms with Crippen molar-refractivity contribution >= 4 is 45.2 Å². The fraction of sp³-hybridized carbons (Fsp3) is 0.0952. The molecule has 0 bridgehead atoms. The van der Waals surface area contributed by atoms with Gasteiger partial charge in [-0.15, -0.1) is 11.3 Å². The molecule has 0 saturated carbocycles. The van der Waals surface area contributed by atoms with Crippen LogP contribution >= 0.6 is 22.9 Å². The van der Waals surface area contributed by atoms with Crippen LogP contribution in [0.4, 0.5) is 10.2 Å². The summed E-state index contributed by atoms with van der Waals surface area (Å²) in [7, 11) is 0. The highest BCUT2D eigenvalue weighted by molar-refractivity contribution is 7.23. The molecule has 0 unspecified atom stereocenters. The van der Waals surface area contributed by atoms with Crippen LogP contribution in [0, 0.1) is 5.82 Å². The molecular formula is C21H16ClFN4O2S. The maximum absolute atomic E-state index is 13.3. The highest BCUT2D eigenvalue weighted by Crippen LogP contribution is 2.47. The number of nitrogens with zero attached hydrogens (tertiary/aromatic N) is 3. The van der Waals surface area contributed by atoms with Crippen LogP contribution in [-0.4, -0.2) is 27.9 Å². The summed E-state index contributed by atoms with van der Waals surface area (Å²) in [6, 6.07) is 11.8. The molecular weight excluding hydrogens is 427 g/mol. The molecule has 0 radical (unpaired) electrons. The Kier molecular flexibility index (Phi) is 5.78. The van der Waals surface area contributed by atoms with E-state index < -0.39 is 5.82 Å². The molecule has 4 rings (SSSR count). The zero-order valence-corrected chi connectivity index (χ0v) is 17.3. The predicted octanol–water partition coefficient (Wildman–Crippen LogP) is 5.70. The van der Waals surface area contributed by atoms with E-state index in [9.17, 15) is 9.50 Å². The standard InChI is InChI=1S/C21H16ClFN4O2S/c1-2-29-16-6-4-3-5-13(16)19-18(28)17-20(30-19)21(25-11-24-17)27-26-10-12-7-8-15(23)14(22)9-12/h3-11,28H,2H2,1H3,(H,24,25,27). The summed E-state index contributed by atoms with van der Waals surface area (Å²) < 4.78 is 19.6. The van der Waals surface area contributed by atoms with E-state index in [0.717, 1.165) is 5.56 Å². The average Bonchev–Trinajstić information content (AvgIpc) is 3.09. The minimum atomic E-state index is -0.492. The fourth-order valence-electron chi connectivity index (χ4n) is 2.86. The molecule has 6 nitrogen and oxygen atoms in total. The number of anilines is 1. The van der Waals surface area contributed by atoms with Crippen LogP contribution in [0.25, 0.3) is 20.7 Å². The number of fused-ring (bicyclic) bond motifs is 1. The molecule has 30 heavy (non-hydrogen) atoms. The third-order valence-electron chi connectivity index (χ3n) is 4.21. The lowest BCUT2D eigenvalue weighted by Crippen LogP contribution is -1.94. The van der Waals surface area contributed by atoms with E-state index >= 15 is 0 Å². The number of ether oxygens (including phenoxy) is 1. The van der Waals surface area contributed by atoms with Crippen LogP contribution in [0.1, 0.15) is 12.5 Å². The first-order valence-corrected chi connectivity index (χ1v) is 10.2. The Labute approximate surface area is 180 Å². The first kappa shape index (κ1) is 20.1. The van der Waals surface area contributed by atoms with Crippen molar-refractivity contribution in [1.82, 2.24) is 9.97 Å². The molecule has 0 spiro atoms. The Morgan fingerprint density at radius 1 is 1.27 bits per heavy atom. The van der Waals surface area contributed by atoms with Crippen molar-refractivity contribution in [3.8, 4) is 21.9 Å². The Bertz CT molecular complexity index is 1250. The minimum absolute atomic E-state index is 0.0177. The van der Waals surface area contributed by atoms with Gasteiger partial charge in [0.2, 0.25) is 0 Å². The Hall–Kier alpha value is -3.23. The zero-order valence-electron chi connectivity index (χ0n) is 15.8. The topological polar surface area (TPSA) is 79.6 Å². The summed E-state index contributed by atoms with van der Waals surface area (Å²) in [6.07, 6.45) is 2.84. The quantitative estimate of drug-likeness (QED) is 0.295. The second-order valence-electron chi connectivity index (χ2n) is 6.15. The summed E-state index contributed by atoms with van der Waals surface area (Å²) in [6.45, 7) is 2.42. The fourth-order valence-corrected chi connectivity index (χ4v) is 4.16. The molecule has 4 aromatic rings. The SMILES string of the molecule is CCOc1ccccc1-c1sc2c(NN=Cc3ccc(F)c(Cl)c3)ncnc2c1O. The largest absolute Gasteiger partial charge is 0.504 e. The summed E-state index contributed by atoms with van der Waals surface area (Å²) in [5.41, 5.74) is 4.67. The van der Waals surface area contributed by atoms with Crippen LogP contribution in [-0.2, 0) is 0 Å².